The average molecular weight is 548 g/mol. The number of hydrogen-bond acceptors (Lipinski definition) is 5. The van der Waals surface area contributed by atoms with E-state index in [0.717, 1.165) is 29.6 Å². The average Bonchev–Trinajstić information content (AvgIpc) is 3.28. The van der Waals surface area contributed by atoms with Gasteiger partial charge in [-0.1, -0.05) is 32.1 Å². The summed E-state index contributed by atoms with van der Waals surface area (Å²) in [6.45, 7) is 17.7. The summed E-state index contributed by atoms with van der Waals surface area (Å²) in [7, 11) is -0.467. The monoisotopic (exact) mass is 547 g/mol. The molecule has 0 N–H and O–H groups in total. The van der Waals surface area contributed by atoms with Crippen LogP contribution in [0.25, 0.3) is 0 Å². The van der Waals surface area contributed by atoms with Crippen molar-refractivity contribution < 1.29 is 18.9 Å². The van der Waals surface area contributed by atoms with Gasteiger partial charge in [0.2, 0.25) is 11.8 Å². The summed E-state index contributed by atoms with van der Waals surface area (Å²) >= 11 is 0. The molecule has 6 rings (SSSR count). The third-order valence-corrected chi connectivity index (χ3v) is 10.9. The predicted octanol–water partition coefficient (Wildman–Crippen LogP) is 4.18. The Morgan fingerprint density at radius 1 is 0.975 bits per heavy atom. The topological polar surface area (TPSA) is 62.3 Å². The molecule has 0 aromatic heterocycles. The Morgan fingerprint density at radius 2 is 1.60 bits per heavy atom. The molecular weight excluding hydrogens is 501 g/mol. The first-order valence-electron chi connectivity index (χ1n) is 15.5. The van der Waals surface area contributed by atoms with Gasteiger partial charge in [0.05, 0.1) is 16.6 Å². The molecule has 0 bridgehead atoms. The van der Waals surface area contributed by atoms with Crippen molar-refractivity contribution in [2.24, 2.45) is 0 Å². The summed E-state index contributed by atoms with van der Waals surface area (Å²) in [5.74, 6) is 0.247. The molecule has 2 amide bonds. The maximum Gasteiger partial charge on any atom is 0.494 e. The Hall–Kier alpha value is -2.16. The third-order valence-electron chi connectivity index (χ3n) is 10.9. The number of nitrogens with zero attached hydrogens (tertiary/aromatic N) is 3. The summed E-state index contributed by atoms with van der Waals surface area (Å²) < 4.78 is 12.8. The van der Waals surface area contributed by atoms with Crippen LogP contribution in [0.15, 0.2) is 30.4 Å². The lowest BCUT2D eigenvalue weighted by Crippen LogP contribution is -2.58. The van der Waals surface area contributed by atoms with Crippen molar-refractivity contribution in [3.63, 3.8) is 0 Å². The lowest BCUT2D eigenvalue weighted by atomic mass is 9.71. The van der Waals surface area contributed by atoms with Crippen LogP contribution in [0.4, 0.5) is 5.69 Å². The highest BCUT2D eigenvalue weighted by atomic mass is 16.7. The standard InChI is InChI=1S/C32H46BN3O4/c1-7-22(2)28(37)35-17-13-32(14-18-35)26-12-11-23(33-39-30(3,4)31(5,6)40-33)19-27(26)36(29(32)38)25-20-24(21-25)34-15-9-8-10-16-34/h11-12,19,24-25H,2,7-10,13-18,20-21H2,1,3-6H3. The molecule has 0 radical (unpaired) electrons. The van der Waals surface area contributed by atoms with Crippen molar-refractivity contribution in [2.45, 2.75) is 115 Å². The van der Waals surface area contributed by atoms with Crippen molar-refractivity contribution in [1.29, 1.82) is 0 Å². The number of carbonyl (C=O) groups excluding carboxylic acids is 2. The van der Waals surface area contributed by atoms with Gasteiger partial charge in [-0.25, -0.2) is 0 Å². The molecule has 1 aromatic carbocycles. The van der Waals surface area contributed by atoms with Gasteiger partial charge >= 0.3 is 7.12 Å². The Kier molecular flexibility index (Phi) is 6.99. The molecule has 4 heterocycles. The minimum absolute atomic E-state index is 0.0272. The molecule has 4 aliphatic heterocycles. The Morgan fingerprint density at radius 3 is 2.20 bits per heavy atom. The predicted molar refractivity (Wildman–Crippen MR) is 159 cm³/mol. The highest BCUT2D eigenvalue weighted by Gasteiger charge is 2.57. The highest BCUT2D eigenvalue weighted by molar-refractivity contribution is 6.62. The minimum Gasteiger partial charge on any atom is -0.399 e. The number of anilines is 1. The van der Waals surface area contributed by atoms with Crippen LogP contribution < -0.4 is 10.4 Å². The fourth-order valence-electron chi connectivity index (χ4n) is 7.40. The maximum absolute atomic E-state index is 14.5. The van der Waals surface area contributed by atoms with Crippen molar-refractivity contribution >= 4 is 30.1 Å². The van der Waals surface area contributed by atoms with Crippen LogP contribution in [0.3, 0.4) is 0 Å². The van der Waals surface area contributed by atoms with E-state index in [1.54, 1.807) is 0 Å². The number of amides is 2. The number of carbonyl (C=O) groups is 2. The largest absolute Gasteiger partial charge is 0.494 e. The lowest BCUT2D eigenvalue weighted by Gasteiger charge is -2.48. The van der Waals surface area contributed by atoms with Gasteiger partial charge in [-0.3, -0.25) is 9.59 Å². The van der Waals surface area contributed by atoms with Gasteiger partial charge in [0.1, 0.15) is 0 Å². The Balaban J connectivity index is 1.29. The molecule has 1 aromatic rings. The lowest BCUT2D eigenvalue weighted by molar-refractivity contribution is -0.133. The number of fused-ring (bicyclic) bond motifs is 2. The summed E-state index contributed by atoms with van der Waals surface area (Å²) in [6.07, 6.45) is 7.91. The first-order chi connectivity index (χ1) is 19.0. The summed E-state index contributed by atoms with van der Waals surface area (Å²) in [6, 6.07) is 7.19. The zero-order chi connectivity index (χ0) is 28.4. The molecule has 4 fully saturated rings. The van der Waals surface area contributed by atoms with Crippen LogP contribution in [0.5, 0.6) is 0 Å². The molecule has 5 aliphatic rings. The number of hydrogen-bond donors (Lipinski definition) is 0. The van der Waals surface area contributed by atoms with Gasteiger partial charge in [-0.15, -0.1) is 0 Å². The van der Waals surface area contributed by atoms with E-state index in [9.17, 15) is 9.59 Å². The van der Waals surface area contributed by atoms with Crippen molar-refractivity contribution in [1.82, 2.24) is 9.80 Å². The fourth-order valence-corrected chi connectivity index (χ4v) is 7.40. The summed E-state index contributed by atoms with van der Waals surface area (Å²) in [5, 5.41) is 0. The Bertz CT molecular complexity index is 1180. The van der Waals surface area contributed by atoms with Crippen LogP contribution in [-0.4, -0.2) is 78.2 Å². The number of piperidine rings is 2. The zero-order valence-corrected chi connectivity index (χ0v) is 25.1. The minimum atomic E-state index is -0.579. The van der Waals surface area contributed by atoms with Crippen LogP contribution in [0.1, 0.15) is 91.5 Å². The molecule has 7 nitrogen and oxygen atoms in total. The molecule has 1 saturated carbocycles. The normalized spacial score (nSPS) is 29.0. The molecule has 216 valence electrons. The summed E-state index contributed by atoms with van der Waals surface area (Å²) in [5.41, 5.74) is 2.31. The van der Waals surface area contributed by atoms with Gasteiger partial charge < -0.3 is 24.0 Å². The van der Waals surface area contributed by atoms with E-state index in [4.69, 9.17) is 9.31 Å². The van der Waals surface area contributed by atoms with E-state index in [-0.39, 0.29) is 17.9 Å². The molecule has 40 heavy (non-hydrogen) atoms. The first kappa shape index (κ1) is 28.0. The summed E-state index contributed by atoms with van der Waals surface area (Å²) in [4.78, 5) is 34.0. The van der Waals surface area contributed by atoms with Crippen molar-refractivity contribution in [2.75, 3.05) is 31.1 Å². The second-order valence-corrected chi connectivity index (χ2v) is 13.7. The van der Waals surface area contributed by atoms with Gasteiger partial charge in [0.15, 0.2) is 0 Å². The fraction of sp³-hybridized carbons (Fsp3) is 0.688. The zero-order valence-electron chi connectivity index (χ0n) is 25.1. The maximum atomic E-state index is 14.5. The van der Waals surface area contributed by atoms with Crippen molar-refractivity contribution in [3.05, 3.63) is 35.9 Å². The number of likely N-dealkylation sites (tertiary alicyclic amines) is 2. The highest BCUT2D eigenvalue weighted by Crippen LogP contribution is 2.51. The molecule has 1 aliphatic carbocycles. The Labute approximate surface area is 240 Å². The van der Waals surface area contributed by atoms with E-state index < -0.39 is 23.7 Å². The van der Waals surface area contributed by atoms with E-state index >= 15 is 0 Å². The SMILES string of the molecule is C=C(CC)C(=O)N1CCC2(CC1)C(=O)N(C1CC(N3CCCCC3)C1)c1cc(B3OC(C)(C)C(C)(C)O3)ccc12. The van der Waals surface area contributed by atoms with Crippen LogP contribution in [0, 0.1) is 0 Å². The van der Waals surface area contributed by atoms with Gasteiger partial charge in [0.25, 0.3) is 0 Å². The third kappa shape index (κ3) is 4.37. The van der Waals surface area contributed by atoms with Gasteiger partial charge in [-0.2, -0.15) is 0 Å². The van der Waals surface area contributed by atoms with E-state index in [1.807, 2.05) is 11.8 Å². The van der Waals surface area contributed by atoms with Crippen LogP contribution >= 0.6 is 0 Å². The van der Waals surface area contributed by atoms with Crippen LogP contribution in [0.2, 0.25) is 0 Å². The smallest absolute Gasteiger partial charge is 0.399 e. The molecule has 0 atom stereocenters. The van der Waals surface area contributed by atoms with Crippen LogP contribution in [-0.2, 0) is 24.3 Å². The van der Waals surface area contributed by atoms with Crippen molar-refractivity contribution in [3.8, 4) is 0 Å². The second-order valence-electron chi connectivity index (χ2n) is 13.7. The second kappa shape index (κ2) is 9.99. The molecular formula is C32H46BN3O4. The first-order valence-corrected chi connectivity index (χ1v) is 15.5. The van der Waals surface area contributed by atoms with E-state index in [1.165, 1.54) is 32.4 Å². The van der Waals surface area contributed by atoms with E-state index in [0.29, 0.717) is 44.0 Å². The van der Waals surface area contributed by atoms with Gasteiger partial charge in [0, 0.05) is 36.4 Å². The number of rotatable bonds is 5. The quantitative estimate of drug-likeness (QED) is 0.409. The molecule has 0 unspecified atom stereocenters. The van der Waals surface area contributed by atoms with Gasteiger partial charge in [-0.05, 0) is 103 Å². The van der Waals surface area contributed by atoms with E-state index in [2.05, 4.69) is 62.3 Å². The number of benzene rings is 1. The molecule has 1 spiro atoms. The molecule has 8 heteroatoms. The molecule has 3 saturated heterocycles.